The third kappa shape index (κ3) is 3.49. The molecule has 0 saturated heterocycles. The van der Waals surface area contributed by atoms with Crippen molar-refractivity contribution in [3.05, 3.63) is 29.3 Å². The van der Waals surface area contributed by atoms with Crippen molar-refractivity contribution in [1.29, 1.82) is 0 Å². The van der Waals surface area contributed by atoms with Crippen LogP contribution >= 0.6 is 0 Å². The van der Waals surface area contributed by atoms with Gasteiger partial charge in [-0.2, -0.15) is 0 Å². The van der Waals surface area contributed by atoms with Crippen molar-refractivity contribution in [2.24, 2.45) is 0 Å². The highest BCUT2D eigenvalue weighted by molar-refractivity contribution is 7.86. The first-order valence-corrected chi connectivity index (χ1v) is 9.19. The fourth-order valence-corrected chi connectivity index (χ4v) is 4.71. The maximum Gasteiger partial charge on any atom is 0.119 e. The topological polar surface area (TPSA) is 38.3 Å². The minimum absolute atomic E-state index is 0.175. The molecule has 0 spiro atoms. The summed E-state index contributed by atoms with van der Waals surface area (Å²) in [5, 5.41) is 4.02. The molecule has 4 heteroatoms. The summed E-state index contributed by atoms with van der Waals surface area (Å²) in [7, 11) is 0.883. The molecule has 0 aromatic heterocycles. The molecule has 0 aliphatic heterocycles. The number of hydrogen-bond acceptors (Lipinski definition) is 3. The molecule has 4 atom stereocenters. The van der Waals surface area contributed by atoms with Crippen LogP contribution in [0, 0.1) is 0 Å². The molecule has 1 aliphatic carbocycles. The Morgan fingerprint density at radius 1 is 1.43 bits per heavy atom. The van der Waals surface area contributed by atoms with E-state index in [1.165, 1.54) is 11.1 Å². The van der Waals surface area contributed by atoms with Crippen LogP contribution in [0.3, 0.4) is 0 Å². The number of fused-ring (bicyclic) bond motifs is 1. The lowest BCUT2D eigenvalue weighted by molar-refractivity contribution is 0.413. The molecule has 0 radical (unpaired) electrons. The lowest BCUT2D eigenvalue weighted by Gasteiger charge is -2.24. The summed E-state index contributed by atoms with van der Waals surface area (Å²) < 4.78 is 18.2. The molecule has 118 valence electrons. The predicted octanol–water partition coefficient (Wildman–Crippen LogP) is 3.21. The van der Waals surface area contributed by atoms with Crippen LogP contribution in [0.25, 0.3) is 0 Å². The van der Waals surface area contributed by atoms with Gasteiger partial charge in [0, 0.05) is 22.1 Å². The molecule has 21 heavy (non-hydrogen) atoms. The number of hydrogen-bond donors (Lipinski definition) is 1. The van der Waals surface area contributed by atoms with Gasteiger partial charge in [0.1, 0.15) is 5.75 Å². The van der Waals surface area contributed by atoms with Crippen molar-refractivity contribution in [2.75, 3.05) is 13.7 Å². The van der Waals surface area contributed by atoms with Gasteiger partial charge in [-0.15, -0.1) is 0 Å². The molecule has 0 saturated carbocycles. The van der Waals surface area contributed by atoms with Gasteiger partial charge in [0.15, 0.2) is 0 Å². The highest BCUT2D eigenvalue weighted by Gasteiger charge is 2.37. The second-order valence-electron chi connectivity index (χ2n) is 5.79. The van der Waals surface area contributed by atoms with Crippen LogP contribution < -0.4 is 10.1 Å². The van der Waals surface area contributed by atoms with E-state index in [0.717, 1.165) is 31.6 Å². The van der Waals surface area contributed by atoms with Crippen LogP contribution in [0.5, 0.6) is 5.75 Å². The Morgan fingerprint density at radius 2 is 2.19 bits per heavy atom. The molecule has 0 fully saturated rings. The minimum Gasteiger partial charge on any atom is -0.497 e. The number of methoxy groups -OCH3 is 1. The number of benzene rings is 1. The molecule has 3 nitrogen and oxygen atoms in total. The van der Waals surface area contributed by atoms with Crippen LogP contribution in [-0.4, -0.2) is 28.4 Å². The molecular formula is C17H27NO2S. The summed E-state index contributed by atoms with van der Waals surface area (Å²) in [4.78, 5) is 0. The van der Waals surface area contributed by atoms with Crippen LogP contribution in [0.4, 0.5) is 0 Å². The molecular weight excluding hydrogens is 282 g/mol. The summed E-state index contributed by atoms with van der Waals surface area (Å²) in [6.07, 6.45) is 2.94. The van der Waals surface area contributed by atoms with Gasteiger partial charge >= 0.3 is 0 Å². The minimum atomic E-state index is -0.812. The Morgan fingerprint density at radius 3 is 2.81 bits per heavy atom. The van der Waals surface area contributed by atoms with E-state index in [2.05, 4.69) is 38.2 Å². The monoisotopic (exact) mass is 309 g/mol. The van der Waals surface area contributed by atoms with Crippen LogP contribution in [0.1, 0.15) is 50.8 Å². The predicted molar refractivity (Wildman–Crippen MR) is 89.4 cm³/mol. The zero-order valence-corrected chi connectivity index (χ0v) is 14.3. The molecule has 1 N–H and O–H groups in total. The lowest BCUT2D eigenvalue weighted by Crippen LogP contribution is -2.35. The quantitative estimate of drug-likeness (QED) is 0.840. The van der Waals surface area contributed by atoms with Gasteiger partial charge in [0.05, 0.1) is 12.4 Å². The number of rotatable bonds is 7. The van der Waals surface area contributed by atoms with Crippen molar-refractivity contribution in [3.8, 4) is 5.75 Å². The third-order valence-corrected chi connectivity index (χ3v) is 6.53. The summed E-state index contributed by atoms with van der Waals surface area (Å²) in [5.41, 5.74) is 2.58. The Kier molecular flexibility index (Phi) is 5.82. The maximum atomic E-state index is 12.8. The van der Waals surface area contributed by atoms with Crippen LogP contribution in [-0.2, 0) is 17.2 Å². The van der Waals surface area contributed by atoms with Gasteiger partial charge < -0.3 is 10.1 Å². The summed E-state index contributed by atoms with van der Waals surface area (Å²) in [6.45, 7) is 7.32. The molecule has 2 rings (SSSR count). The van der Waals surface area contributed by atoms with E-state index >= 15 is 0 Å². The van der Waals surface area contributed by atoms with Gasteiger partial charge in [0.25, 0.3) is 0 Å². The van der Waals surface area contributed by atoms with Gasteiger partial charge in [-0.3, -0.25) is 4.21 Å². The zero-order chi connectivity index (χ0) is 15.4. The number of ether oxygens (including phenoxy) is 1. The highest BCUT2D eigenvalue weighted by atomic mass is 32.2. The van der Waals surface area contributed by atoms with Crippen LogP contribution in [0.15, 0.2) is 18.2 Å². The van der Waals surface area contributed by atoms with E-state index < -0.39 is 10.8 Å². The SMILES string of the molecule is CCCNC1c2cc(OC)ccc2CC1S(=O)C(C)CC. The Balaban J connectivity index is 2.29. The second kappa shape index (κ2) is 7.41. The van der Waals surface area contributed by atoms with Gasteiger partial charge in [-0.1, -0.05) is 26.8 Å². The van der Waals surface area contributed by atoms with E-state index in [1.807, 2.05) is 6.07 Å². The summed E-state index contributed by atoms with van der Waals surface area (Å²) >= 11 is 0. The number of nitrogens with one attached hydrogen (secondary N) is 1. The first-order chi connectivity index (χ1) is 10.1. The molecule has 0 heterocycles. The largest absolute Gasteiger partial charge is 0.497 e. The molecule has 1 aromatic carbocycles. The normalized spacial score (nSPS) is 23.6. The van der Waals surface area contributed by atoms with E-state index in [1.54, 1.807) is 7.11 Å². The smallest absolute Gasteiger partial charge is 0.119 e. The Labute approximate surface area is 130 Å². The first-order valence-electron chi connectivity index (χ1n) is 7.91. The van der Waals surface area contributed by atoms with Gasteiger partial charge in [-0.05, 0) is 49.1 Å². The Bertz CT molecular complexity index is 504. The Hall–Kier alpha value is -0.870. The third-order valence-electron chi connectivity index (χ3n) is 4.37. The van der Waals surface area contributed by atoms with Gasteiger partial charge in [0.2, 0.25) is 0 Å². The summed E-state index contributed by atoms with van der Waals surface area (Å²) in [5.74, 6) is 0.882. The van der Waals surface area contributed by atoms with Gasteiger partial charge in [-0.25, -0.2) is 0 Å². The van der Waals surface area contributed by atoms with Crippen molar-refractivity contribution >= 4 is 10.8 Å². The summed E-state index contributed by atoms with van der Waals surface area (Å²) in [6, 6.07) is 6.42. The molecule has 1 aromatic rings. The van der Waals surface area contributed by atoms with Crippen molar-refractivity contribution in [1.82, 2.24) is 5.32 Å². The molecule has 4 unspecified atom stereocenters. The second-order valence-corrected chi connectivity index (χ2v) is 7.85. The van der Waals surface area contributed by atoms with E-state index in [9.17, 15) is 4.21 Å². The van der Waals surface area contributed by atoms with E-state index in [0.29, 0.717) is 0 Å². The molecule has 0 bridgehead atoms. The average Bonchev–Trinajstić information content (AvgIpc) is 2.88. The molecule has 1 aliphatic rings. The van der Waals surface area contributed by atoms with Crippen molar-refractivity contribution in [3.63, 3.8) is 0 Å². The highest BCUT2D eigenvalue weighted by Crippen LogP contribution is 2.37. The van der Waals surface area contributed by atoms with Crippen molar-refractivity contribution in [2.45, 2.75) is 56.6 Å². The first kappa shape index (κ1) is 16.5. The van der Waals surface area contributed by atoms with E-state index in [4.69, 9.17) is 4.74 Å². The standard InChI is InChI=1S/C17H27NO2S/c1-5-9-18-17-15-11-14(20-4)8-7-13(15)10-16(17)21(19)12(3)6-2/h7-8,11-12,16-18H,5-6,9-10H2,1-4H3. The zero-order valence-electron chi connectivity index (χ0n) is 13.5. The fraction of sp³-hybridized carbons (Fsp3) is 0.647. The maximum absolute atomic E-state index is 12.8. The average molecular weight is 309 g/mol. The van der Waals surface area contributed by atoms with Crippen molar-refractivity contribution < 1.29 is 8.95 Å². The molecule has 0 amide bonds. The fourth-order valence-electron chi connectivity index (χ4n) is 2.93. The van der Waals surface area contributed by atoms with Crippen LogP contribution in [0.2, 0.25) is 0 Å². The van der Waals surface area contributed by atoms with E-state index in [-0.39, 0.29) is 16.5 Å². The lowest BCUT2D eigenvalue weighted by atomic mass is 10.1.